The van der Waals surface area contributed by atoms with Crippen LogP contribution in [0.25, 0.3) is 0 Å². The molecule has 0 aliphatic carbocycles. The van der Waals surface area contributed by atoms with Crippen LogP contribution in [0, 0.1) is 0 Å². The lowest BCUT2D eigenvalue weighted by molar-refractivity contribution is -0.118. The lowest BCUT2D eigenvalue weighted by Crippen LogP contribution is -2.32. The van der Waals surface area contributed by atoms with E-state index >= 15 is 0 Å². The van der Waals surface area contributed by atoms with Gasteiger partial charge in [0.15, 0.2) is 0 Å². The Labute approximate surface area is 116 Å². The molecule has 0 spiro atoms. The maximum absolute atomic E-state index is 10.6. The van der Waals surface area contributed by atoms with Crippen LogP contribution in [0.2, 0.25) is 10.0 Å². The Morgan fingerprint density at radius 3 is 2.78 bits per heavy atom. The fourth-order valence-corrected chi connectivity index (χ4v) is 1.87. The molecule has 100 valence electrons. The number of hydrogen-bond acceptors (Lipinski definition) is 3. The molecule has 6 heteroatoms. The number of amides is 1. The summed E-state index contributed by atoms with van der Waals surface area (Å²) in [6.45, 7) is 2.90. The van der Waals surface area contributed by atoms with Crippen LogP contribution in [0.15, 0.2) is 18.2 Å². The highest BCUT2D eigenvalue weighted by Gasteiger charge is 2.11. The first-order chi connectivity index (χ1) is 8.50. The van der Waals surface area contributed by atoms with Crippen molar-refractivity contribution in [2.24, 2.45) is 0 Å². The van der Waals surface area contributed by atoms with Crippen molar-refractivity contribution in [2.45, 2.75) is 13.0 Å². The fourth-order valence-electron chi connectivity index (χ4n) is 1.45. The van der Waals surface area contributed by atoms with E-state index in [1.807, 2.05) is 0 Å². The second kappa shape index (κ2) is 7.59. The zero-order valence-corrected chi connectivity index (χ0v) is 11.6. The summed E-state index contributed by atoms with van der Waals surface area (Å²) in [5.41, 5.74) is 0.594. The van der Waals surface area contributed by atoms with E-state index in [2.05, 4.69) is 10.6 Å². The van der Waals surface area contributed by atoms with E-state index in [0.717, 1.165) is 0 Å². The molecule has 4 nitrogen and oxygen atoms in total. The van der Waals surface area contributed by atoms with Gasteiger partial charge in [0, 0.05) is 42.2 Å². The number of aliphatic hydroxyl groups excluding tert-OH is 1. The number of carbonyl (C=O) groups excluding carboxylic acids is 1. The van der Waals surface area contributed by atoms with Crippen molar-refractivity contribution in [1.82, 2.24) is 10.6 Å². The Kier molecular flexibility index (Phi) is 6.43. The van der Waals surface area contributed by atoms with Crippen molar-refractivity contribution >= 4 is 29.1 Å². The predicted octanol–water partition coefficient (Wildman–Crippen LogP) is 1.75. The molecule has 1 aromatic carbocycles. The van der Waals surface area contributed by atoms with Gasteiger partial charge in [0.1, 0.15) is 0 Å². The van der Waals surface area contributed by atoms with E-state index in [1.54, 1.807) is 18.2 Å². The second-order valence-electron chi connectivity index (χ2n) is 3.87. The molecule has 0 saturated carbocycles. The van der Waals surface area contributed by atoms with Crippen molar-refractivity contribution in [3.05, 3.63) is 33.8 Å². The van der Waals surface area contributed by atoms with Gasteiger partial charge in [0.2, 0.25) is 5.91 Å². The molecule has 3 N–H and O–H groups in total. The molecular formula is C12H16Cl2N2O2. The number of nitrogens with one attached hydrogen (secondary N) is 2. The molecule has 0 aliphatic heterocycles. The SMILES string of the molecule is CC(=O)NCCNCC(O)c1cc(Cl)ccc1Cl. The van der Waals surface area contributed by atoms with E-state index in [9.17, 15) is 9.90 Å². The van der Waals surface area contributed by atoms with Crippen LogP contribution < -0.4 is 10.6 Å². The van der Waals surface area contributed by atoms with Gasteiger partial charge in [-0.3, -0.25) is 4.79 Å². The summed E-state index contributed by atoms with van der Waals surface area (Å²) >= 11 is 11.8. The van der Waals surface area contributed by atoms with Crippen LogP contribution in [0.4, 0.5) is 0 Å². The summed E-state index contributed by atoms with van der Waals surface area (Å²) in [5, 5.41) is 16.6. The average Bonchev–Trinajstić information content (AvgIpc) is 2.31. The third-order valence-corrected chi connectivity index (χ3v) is 2.91. The van der Waals surface area contributed by atoms with Crippen molar-refractivity contribution in [1.29, 1.82) is 0 Å². The molecule has 1 rings (SSSR count). The maximum atomic E-state index is 10.6. The molecule has 1 amide bonds. The van der Waals surface area contributed by atoms with Crippen molar-refractivity contribution in [3.63, 3.8) is 0 Å². The lowest BCUT2D eigenvalue weighted by atomic mass is 10.1. The Morgan fingerprint density at radius 1 is 1.39 bits per heavy atom. The van der Waals surface area contributed by atoms with Crippen LogP contribution in [-0.2, 0) is 4.79 Å². The lowest BCUT2D eigenvalue weighted by Gasteiger charge is -2.14. The molecule has 18 heavy (non-hydrogen) atoms. The molecule has 0 bridgehead atoms. The Bertz CT molecular complexity index is 413. The minimum absolute atomic E-state index is 0.0739. The van der Waals surface area contributed by atoms with Gasteiger partial charge in [0.25, 0.3) is 0 Å². The highest BCUT2D eigenvalue weighted by atomic mass is 35.5. The minimum Gasteiger partial charge on any atom is -0.387 e. The molecule has 1 unspecified atom stereocenters. The molecular weight excluding hydrogens is 275 g/mol. The monoisotopic (exact) mass is 290 g/mol. The molecule has 0 heterocycles. The molecule has 0 fully saturated rings. The smallest absolute Gasteiger partial charge is 0.216 e. The summed E-state index contributed by atoms with van der Waals surface area (Å²) in [7, 11) is 0. The highest BCUT2D eigenvalue weighted by Crippen LogP contribution is 2.25. The van der Waals surface area contributed by atoms with Gasteiger partial charge in [-0.15, -0.1) is 0 Å². The summed E-state index contributed by atoms with van der Waals surface area (Å²) < 4.78 is 0. The van der Waals surface area contributed by atoms with Crippen LogP contribution >= 0.6 is 23.2 Å². The van der Waals surface area contributed by atoms with Crippen LogP contribution in [0.3, 0.4) is 0 Å². The normalized spacial score (nSPS) is 12.2. The van der Waals surface area contributed by atoms with E-state index in [-0.39, 0.29) is 5.91 Å². The van der Waals surface area contributed by atoms with E-state index < -0.39 is 6.10 Å². The number of carbonyl (C=O) groups is 1. The quantitative estimate of drug-likeness (QED) is 0.700. The first-order valence-corrected chi connectivity index (χ1v) is 6.34. The standard InChI is InChI=1S/C12H16Cl2N2O2/c1-8(17)16-5-4-15-7-12(18)10-6-9(13)2-3-11(10)14/h2-3,6,12,15,18H,4-5,7H2,1H3,(H,16,17). The van der Waals surface area contributed by atoms with Gasteiger partial charge in [-0.1, -0.05) is 23.2 Å². The van der Waals surface area contributed by atoms with Crippen LogP contribution in [-0.4, -0.2) is 30.6 Å². The zero-order valence-electron chi connectivity index (χ0n) is 10.0. The molecule has 0 aliphatic rings. The molecule has 1 aromatic rings. The predicted molar refractivity (Wildman–Crippen MR) is 73.0 cm³/mol. The van der Waals surface area contributed by atoms with Crippen molar-refractivity contribution in [3.8, 4) is 0 Å². The summed E-state index contributed by atoms with van der Waals surface area (Å²) in [6.07, 6.45) is -0.728. The van der Waals surface area contributed by atoms with Gasteiger partial charge in [0.05, 0.1) is 6.10 Å². The Hall–Kier alpha value is -0.810. The fraction of sp³-hybridized carbons (Fsp3) is 0.417. The summed E-state index contributed by atoms with van der Waals surface area (Å²) in [5.74, 6) is -0.0739. The van der Waals surface area contributed by atoms with Gasteiger partial charge >= 0.3 is 0 Å². The van der Waals surface area contributed by atoms with Crippen LogP contribution in [0.5, 0.6) is 0 Å². The van der Waals surface area contributed by atoms with E-state index in [0.29, 0.717) is 35.2 Å². The third-order valence-electron chi connectivity index (χ3n) is 2.33. The Balaban J connectivity index is 2.38. The van der Waals surface area contributed by atoms with Crippen molar-refractivity contribution in [2.75, 3.05) is 19.6 Å². The summed E-state index contributed by atoms with van der Waals surface area (Å²) in [6, 6.07) is 4.97. The minimum atomic E-state index is -0.728. The average molecular weight is 291 g/mol. The topological polar surface area (TPSA) is 61.4 Å². The highest BCUT2D eigenvalue weighted by molar-refractivity contribution is 6.33. The first kappa shape index (κ1) is 15.2. The summed E-state index contributed by atoms with van der Waals surface area (Å²) in [4.78, 5) is 10.6. The number of hydrogen-bond donors (Lipinski definition) is 3. The molecule has 1 atom stereocenters. The number of benzene rings is 1. The number of aliphatic hydroxyl groups is 1. The van der Waals surface area contributed by atoms with Gasteiger partial charge in [-0.2, -0.15) is 0 Å². The van der Waals surface area contributed by atoms with Gasteiger partial charge in [-0.05, 0) is 18.2 Å². The second-order valence-corrected chi connectivity index (χ2v) is 4.71. The molecule has 0 saturated heterocycles. The van der Waals surface area contributed by atoms with E-state index in [4.69, 9.17) is 23.2 Å². The number of halogens is 2. The maximum Gasteiger partial charge on any atom is 0.216 e. The number of rotatable bonds is 6. The Morgan fingerprint density at radius 2 is 2.11 bits per heavy atom. The van der Waals surface area contributed by atoms with Crippen molar-refractivity contribution < 1.29 is 9.90 Å². The molecule has 0 aromatic heterocycles. The van der Waals surface area contributed by atoms with Gasteiger partial charge in [-0.25, -0.2) is 0 Å². The third kappa shape index (κ3) is 5.23. The van der Waals surface area contributed by atoms with Gasteiger partial charge < -0.3 is 15.7 Å². The van der Waals surface area contributed by atoms with Crippen LogP contribution in [0.1, 0.15) is 18.6 Å². The van der Waals surface area contributed by atoms with E-state index in [1.165, 1.54) is 6.92 Å². The first-order valence-electron chi connectivity index (χ1n) is 5.59. The largest absolute Gasteiger partial charge is 0.387 e. The molecule has 0 radical (unpaired) electrons. The zero-order chi connectivity index (χ0) is 13.5.